The zero-order valence-electron chi connectivity index (χ0n) is 10.2. The number of esters is 1. The van der Waals surface area contributed by atoms with Crippen LogP contribution < -0.4 is 0 Å². The fourth-order valence-corrected chi connectivity index (χ4v) is 1.36. The van der Waals surface area contributed by atoms with Crippen LogP contribution in [-0.4, -0.2) is 38.7 Å². The molecular weight excluding hydrogens is 281 g/mol. The zero-order valence-corrected chi connectivity index (χ0v) is 10.2. The molecule has 0 aliphatic rings. The van der Waals surface area contributed by atoms with Crippen LogP contribution in [0.3, 0.4) is 0 Å². The molecule has 108 valence electrons. The summed E-state index contributed by atoms with van der Waals surface area (Å²) < 4.78 is 46.8. The van der Waals surface area contributed by atoms with Crippen LogP contribution in [0.2, 0.25) is 0 Å². The molecule has 7 nitrogen and oxygen atoms in total. The monoisotopic (exact) mass is 290 g/mol. The van der Waals surface area contributed by atoms with Crippen molar-refractivity contribution in [1.82, 2.24) is 20.0 Å². The summed E-state index contributed by atoms with van der Waals surface area (Å²) in [5.41, 5.74) is 0.178. The summed E-state index contributed by atoms with van der Waals surface area (Å²) in [5.74, 6) is -1.28. The standard InChI is InChI=1S/C10H9F3N4O3/c1-2-19-9(18)8-16-15-7(20-8)6-3-14-17(4-6)5-10(11,12)13/h3-4H,2,5H2,1H3. The number of ether oxygens (including phenoxy) is 1. The Morgan fingerprint density at radius 3 is 2.85 bits per heavy atom. The van der Waals surface area contributed by atoms with Gasteiger partial charge in [-0.05, 0) is 6.92 Å². The van der Waals surface area contributed by atoms with Crippen LogP contribution in [-0.2, 0) is 11.3 Å². The molecule has 0 bridgehead atoms. The van der Waals surface area contributed by atoms with E-state index in [0.717, 1.165) is 12.4 Å². The quantitative estimate of drug-likeness (QED) is 0.796. The summed E-state index contributed by atoms with van der Waals surface area (Å²) in [7, 11) is 0. The van der Waals surface area contributed by atoms with E-state index >= 15 is 0 Å². The average molecular weight is 290 g/mol. The number of rotatable bonds is 4. The third-order valence-corrected chi connectivity index (χ3v) is 2.10. The predicted octanol–water partition coefficient (Wildman–Crippen LogP) is 1.67. The molecule has 0 radical (unpaired) electrons. The smallest absolute Gasteiger partial charge is 0.408 e. The van der Waals surface area contributed by atoms with Crippen LogP contribution in [0.5, 0.6) is 0 Å². The Morgan fingerprint density at radius 2 is 2.20 bits per heavy atom. The highest BCUT2D eigenvalue weighted by Crippen LogP contribution is 2.21. The minimum Gasteiger partial charge on any atom is -0.459 e. The first kappa shape index (κ1) is 14.0. The Hall–Kier alpha value is -2.39. The molecule has 2 aromatic heterocycles. The van der Waals surface area contributed by atoms with Gasteiger partial charge in [-0.1, -0.05) is 0 Å². The Bertz CT molecular complexity index is 605. The zero-order chi connectivity index (χ0) is 14.8. The van der Waals surface area contributed by atoms with E-state index in [1.807, 2.05) is 0 Å². The average Bonchev–Trinajstić information content (AvgIpc) is 2.95. The normalized spacial score (nSPS) is 11.6. The van der Waals surface area contributed by atoms with Crippen LogP contribution in [0.15, 0.2) is 16.8 Å². The second-order valence-corrected chi connectivity index (χ2v) is 3.67. The lowest BCUT2D eigenvalue weighted by atomic mass is 10.4. The predicted molar refractivity (Wildman–Crippen MR) is 57.5 cm³/mol. The van der Waals surface area contributed by atoms with Gasteiger partial charge < -0.3 is 9.15 Å². The molecule has 0 aromatic carbocycles. The highest BCUT2D eigenvalue weighted by Gasteiger charge is 2.28. The molecule has 0 aliphatic heterocycles. The minimum atomic E-state index is -4.38. The molecule has 0 aliphatic carbocycles. The highest BCUT2D eigenvalue weighted by molar-refractivity contribution is 5.84. The first-order valence-corrected chi connectivity index (χ1v) is 5.49. The van der Waals surface area contributed by atoms with Crippen molar-refractivity contribution in [2.75, 3.05) is 6.61 Å². The van der Waals surface area contributed by atoms with Gasteiger partial charge in [0, 0.05) is 6.20 Å². The van der Waals surface area contributed by atoms with Gasteiger partial charge in [0.1, 0.15) is 6.54 Å². The van der Waals surface area contributed by atoms with Crippen molar-refractivity contribution >= 4 is 5.97 Å². The topological polar surface area (TPSA) is 83.0 Å². The van der Waals surface area contributed by atoms with Gasteiger partial charge in [-0.3, -0.25) is 4.68 Å². The van der Waals surface area contributed by atoms with E-state index in [9.17, 15) is 18.0 Å². The Balaban J connectivity index is 2.14. The van der Waals surface area contributed by atoms with Crippen LogP contribution >= 0.6 is 0 Å². The molecular formula is C10H9F3N4O3. The Kier molecular flexibility index (Phi) is 3.72. The lowest BCUT2D eigenvalue weighted by molar-refractivity contribution is -0.142. The molecule has 0 atom stereocenters. The maximum absolute atomic E-state index is 12.2. The second kappa shape index (κ2) is 5.31. The van der Waals surface area contributed by atoms with Crippen molar-refractivity contribution in [1.29, 1.82) is 0 Å². The third kappa shape index (κ3) is 3.33. The van der Waals surface area contributed by atoms with Crippen molar-refractivity contribution < 1.29 is 27.1 Å². The van der Waals surface area contributed by atoms with Crippen LogP contribution in [0, 0.1) is 0 Å². The molecule has 2 rings (SSSR count). The van der Waals surface area contributed by atoms with Crippen LogP contribution in [0.1, 0.15) is 17.6 Å². The number of alkyl halides is 3. The van der Waals surface area contributed by atoms with Gasteiger partial charge in [0.15, 0.2) is 0 Å². The molecule has 0 saturated heterocycles. The Labute approximate surface area is 110 Å². The molecule has 0 unspecified atom stereocenters. The fourth-order valence-electron chi connectivity index (χ4n) is 1.36. The van der Waals surface area contributed by atoms with Crippen molar-refractivity contribution in [3.8, 4) is 11.5 Å². The highest BCUT2D eigenvalue weighted by atomic mass is 19.4. The number of carbonyl (C=O) groups excluding carboxylic acids is 1. The molecule has 10 heteroatoms. The van der Waals surface area contributed by atoms with Crippen molar-refractivity contribution in [2.24, 2.45) is 0 Å². The molecule has 0 amide bonds. The molecule has 20 heavy (non-hydrogen) atoms. The molecule has 2 aromatic rings. The van der Waals surface area contributed by atoms with Gasteiger partial charge in [-0.15, -0.1) is 10.2 Å². The van der Waals surface area contributed by atoms with Gasteiger partial charge in [-0.2, -0.15) is 18.3 Å². The first-order chi connectivity index (χ1) is 9.39. The SMILES string of the molecule is CCOC(=O)c1nnc(-c2cnn(CC(F)(F)F)c2)o1. The van der Waals surface area contributed by atoms with Crippen molar-refractivity contribution in [3.05, 3.63) is 18.3 Å². The van der Waals surface area contributed by atoms with Gasteiger partial charge in [0.05, 0.1) is 18.4 Å². The second-order valence-electron chi connectivity index (χ2n) is 3.67. The summed E-state index contributed by atoms with van der Waals surface area (Å²) >= 11 is 0. The van der Waals surface area contributed by atoms with E-state index in [1.54, 1.807) is 6.92 Å². The van der Waals surface area contributed by atoms with Crippen LogP contribution in [0.4, 0.5) is 13.2 Å². The maximum Gasteiger partial charge on any atom is 0.408 e. The number of hydrogen-bond acceptors (Lipinski definition) is 6. The summed E-state index contributed by atoms with van der Waals surface area (Å²) in [4.78, 5) is 11.3. The molecule has 0 N–H and O–H groups in total. The fraction of sp³-hybridized carbons (Fsp3) is 0.400. The first-order valence-electron chi connectivity index (χ1n) is 5.49. The van der Waals surface area contributed by atoms with E-state index in [-0.39, 0.29) is 24.0 Å². The van der Waals surface area contributed by atoms with Gasteiger partial charge >= 0.3 is 18.0 Å². The molecule has 0 fully saturated rings. The summed E-state index contributed by atoms with van der Waals surface area (Å²) in [6.45, 7) is 0.516. The van der Waals surface area contributed by atoms with E-state index in [2.05, 4.69) is 20.0 Å². The number of nitrogens with zero attached hydrogens (tertiary/aromatic N) is 4. The summed E-state index contributed by atoms with van der Waals surface area (Å²) in [6, 6.07) is 0. The van der Waals surface area contributed by atoms with Crippen LogP contribution in [0.25, 0.3) is 11.5 Å². The van der Waals surface area contributed by atoms with Gasteiger partial charge in [-0.25, -0.2) is 4.79 Å². The number of halogens is 3. The maximum atomic E-state index is 12.2. The van der Waals surface area contributed by atoms with E-state index in [0.29, 0.717) is 4.68 Å². The minimum absolute atomic E-state index is 0.110. The summed E-state index contributed by atoms with van der Waals surface area (Å²) in [6.07, 6.45) is -2.15. The molecule has 0 saturated carbocycles. The lowest BCUT2D eigenvalue weighted by Gasteiger charge is -2.04. The van der Waals surface area contributed by atoms with E-state index < -0.39 is 18.7 Å². The van der Waals surface area contributed by atoms with Crippen molar-refractivity contribution in [3.63, 3.8) is 0 Å². The van der Waals surface area contributed by atoms with E-state index in [1.165, 1.54) is 0 Å². The number of hydrogen-bond donors (Lipinski definition) is 0. The number of carbonyl (C=O) groups is 1. The van der Waals surface area contributed by atoms with Gasteiger partial charge in [0.25, 0.3) is 5.89 Å². The van der Waals surface area contributed by atoms with Gasteiger partial charge in [0.2, 0.25) is 0 Å². The molecule has 0 spiro atoms. The van der Waals surface area contributed by atoms with Crippen molar-refractivity contribution in [2.45, 2.75) is 19.6 Å². The lowest BCUT2D eigenvalue weighted by Crippen LogP contribution is -2.17. The Morgan fingerprint density at radius 1 is 1.45 bits per heavy atom. The molecule has 2 heterocycles. The summed E-state index contributed by atoms with van der Waals surface area (Å²) in [5, 5.41) is 10.5. The third-order valence-electron chi connectivity index (χ3n) is 2.10. The largest absolute Gasteiger partial charge is 0.459 e. The van der Waals surface area contributed by atoms with E-state index in [4.69, 9.17) is 4.42 Å². The number of aromatic nitrogens is 4.